The van der Waals surface area contributed by atoms with E-state index in [1.54, 1.807) is 36.4 Å². The summed E-state index contributed by atoms with van der Waals surface area (Å²) in [6.07, 6.45) is 0.856. The Hall–Kier alpha value is -2.51. The molecule has 0 spiro atoms. The average molecular weight is 429 g/mol. The van der Waals surface area contributed by atoms with E-state index >= 15 is 0 Å². The Kier molecular flexibility index (Phi) is 6.73. The first-order valence-corrected chi connectivity index (χ1v) is 13.6. The zero-order valence-electron chi connectivity index (χ0n) is 17.9. The summed E-state index contributed by atoms with van der Waals surface area (Å²) < 4.78 is 19.1. The summed E-state index contributed by atoms with van der Waals surface area (Å²) in [7, 11) is -0.239. The van der Waals surface area contributed by atoms with Crippen LogP contribution in [0.1, 0.15) is 34.5 Å². The zero-order chi connectivity index (χ0) is 21.9. The van der Waals surface area contributed by atoms with Crippen molar-refractivity contribution in [3.05, 3.63) is 71.0 Å². The van der Waals surface area contributed by atoms with Crippen LogP contribution in [0.2, 0.25) is 19.1 Å². The second-order valence-electron chi connectivity index (χ2n) is 8.66. The number of halogens is 1. The molecule has 0 aromatic heterocycles. The smallest absolute Gasteiger partial charge is 0.337 e. The third-order valence-electron chi connectivity index (χ3n) is 5.75. The third-order valence-corrected chi connectivity index (χ3v) is 8.47. The Balaban J connectivity index is 1.70. The molecule has 1 amide bonds. The van der Waals surface area contributed by atoms with E-state index in [4.69, 9.17) is 4.74 Å². The van der Waals surface area contributed by atoms with Crippen molar-refractivity contribution in [1.82, 2.24) is 10.2 Å². The summed E-state index contributed by atoms with van der Waals surface area (Å²) in [6.45, 7) is 6.89. The number of ether oxygens (including phenoxy) is 1. The number of amides is 1. The van der Waals surface area contributed by atoms with Crippen LogP contribution in [0.5, 0.6) is 0 Å². The van der Waals surface area contributed by atoms with E-state index < -0.39 is 8.07 Å². The molecule has 1 saturated heterocycles. The fourth-order valence-corrected chi connectivity index (χ4v) is 7.21. The van der Waals surface area contributed by atoms with Crippen molar-refractivity contribution in [3.8, 4) is 0 Å². The molecule has 0 aliphatic carbocycles. The molecule has 0 radical (unpaired) electrons. The van der Waals surface area contributed by atoms with Crippen LogP contribution in [0.3, 0.4) is 0 Å². The molecule has 0 bridgehead atoms. The van der Waals surface area contributed by atoms with E-state index in [0.29, 0.717) is 17.7 Å². The zero-order valence-corrected chi connectivity index (χ0v) is 18.9. The lowest BCUT2D eigenvalue weighted by Gasteiger charge is -2.31. The van der Waals surface area contributed by atoms with Gasteiger partial charge in [0.2, 0.25) is 5.91 Å². The number of carbonyl (C=O) groups is 2. The minimum Gasteiger partial charge on any atom is -0.465 e. The predicted octanol–water partition coefficient (Wildman–Crippen LogP) is 3.92. The quantitative estimate of drug-likeness (QED) is 0.560. The third kappa shape index (κ3) is 4.96. The van der Waals surface area contributed by atoms with Gasteiger partial charge < -0.3 is 10.1 Å². The van der Waals surface area contributed by atoms with Gasteiger partial charge in [0.05, 0.1) is 26.8 Å². The van der Waals surface area contributed by atoms with Gasteiger partial charge >= 0.3 is 5.97 Å². The normalized spacial score (nSPS) is 19.3. The average Bonchev–Trinajstić information content (AvgIpc) is 3.07. The van der Waals surface area contributed by atoms with Crippen molar-refractivity contribution in [2.45, 2.75) is 44.7 Å². The molecule has 160 valence electrons. The highest BCUT2D eigenvalue weighted by Gasteiger charge is 2.44. The number of esters is 1. The topological polar surface area (TPSA) is 58.6 Å². The molecule has 1 aliphatic rings. The summed E-state index contributed by atoms with van der Waals surface area (Å²) in [4.78, 5) is 26.8. The lowest BCUT2D eigenvalue weighted by molar-refractivity contribution is -0.126. The Bertz CT molecular complexity index is 917. The number of nitrogens with one attached hydrogen (secondary N) is 1. The molecule has 2 atom stereocenters. The van der Waals surface area contributed by atoms with Gasteiger partial charge in [0, 0.05) is 18.2 Å². The Labute approximate surface area is 178 Å². The van der Waals surface area contributed by atoms with Gasteiger partial charge in [0.15, 0.2) is 0 Å². The van der Waals surface area contributed by atoms with Gasteiger partial charge in [-0.25, -0.2) is 9.18 Å². The number of hydrogen-bond acceptors (Lipinski definition) is 4. The van der Waals surface area contributed by atoms with E-state index in [0.717, 1.165) is 17.8 Å². The highest BCUT2D eigenvalue weighted by molar-refractivity contribution is 6.78. The van der Waals surface area contributed by atoms with E-state index in [2.05, 4.69) is 23.3 Å². The van der Waals surface area contributed by atoms with E-state index in [9.17, 15) is 14.0 Å². The van der Waals surface area contributed by atoms with Crippen molar-refractivity contribution in [2.75, 3.05) is 13.3 Å². The van der Waals surface area contributed by atoms with Gasteiger partial charge in [-0.3, -0.25) is 9.69 Å². The molecular formula is C23H29FN2O3Si. The van der Waals surface area contributed by atoms with E-state index in [1.165, 1.54) is 13.2 Å². The molecule has 1 N–H and O–H groups in total. The maximum atomic E-state index is 14.3. The predicted molar refractivity (Wildman–Crippen MR) is 117 cm³/mol. The number of methoxy groups -OCH3 is 1. The molecule has 1 aliphatic heterocycles. The maximum Gasteiger partial charge on any atom is 0.337 e. The Morgan fingerprint density at radius 2 is 1.87 bits per heavy atom. The van der Waals surface area contributed by atoms with Gasteiger partial charge in [0.25, 0.3) is 0 Å². The minimum atomic E-state index is -1.58. The van der Waals surface area contributed by atoms with Gasteiger partial charge in [-0.15, -0.1) is 0 Å². The highest BCUT2D eigenvalue weighted by Crippen LogP contribution is 2.35. The van der Waals surface area contributed by atoms with Gasteiger partial charge in [-0.05, 0) is 42.9 Å². The minimum absolute atomic E-state index is 0.0340. The molecule has 2 aromatic carbocycles. The van der Waals surface area contributed by atoms with Gasteiger partial charge in [-0.1, -0.05) is 43.4 Å². The molecule has 7 heteroatoms. The monoisotopic (exact) mass is 428 g/mol. The number of nitrogens with zero attached hydrogens (tertiary/aromatic N) is 1. The standard InChI is InChI=1S/C23H29FN2O3Si/c1-16(19-7-5-6-8-20(19)24)26-15-30(3,4)14-21(26)22(27)25-13-17-9-11-18(12-10-17)23(28)29-2/h5-12,16,21H,13-15H2,1-4H3,(H,25,27)/t16-,21+/m1/s1. The molecule has 3 rings (SSSR count). The number of carbonyl (C=O) groups excluding carboxylic acids is 2. The largest absolute Gasteiger partial charge is 0.465 e. The van der Waals surface area contributed by atoms with E-state index in [-0.39, 0.29) is 29.8 Å². The SMILES string of the molecule is COC(=O)c1ccc(CNC(=O)[C@@H]2C[Si](C)(C)CN2[C@H](C)c2ccccc2F)cc1. The molecule has 0 unspecified atom stereocenters. The van der Waals surface area contributed by atoms with Crippen LogP contribution in [0.4, 0.5) is 4.39 Å². The van der Waals surface area contributed by atoms with Gasteiger partial charge in [-0.2, -0.15) is 0 Å². The van der Waals surface area contributed by atoms with Crippen LogP contribution in [0, 0.1) is 5.82 Å². The Morgan fingerprint density at radius 1 is 1.20 bits per heavy atom. The maximum absolute atomic E-state index is 14.3. The lowest BCUT2D eigenvalue weighted by Crippen LogP contribution is -2.44. The van der Waals surface area contributed by atoms with Crippen LogP contribution < -0.4 is 5.32 Å². The van der Waals surface area contributed by atoms with Crippen LogP contribution in [0.25, 0.3) is 0 Å². The van der Waals surface area contributed by atoms with Gasteiger partial charge in [0.1, 0.15) is 5.82 Å². The fraction of sp³-hybridized carbons (Fsp3) is 0.391. The number of benzene rings is 2. The molecule has 0 saturated carbocycles. The van der Waals surface area contributed by atoms with Crippen molar-refractivity contribution < 1.29 is 18.7 Å². The highest BCUT2D eigenvalue weighted by atomic mass is 28.3. The first-order chi connectivity index (χ1) is 14.2. The van der Waals surface area contributed by atoms with Crippen LogP contribution >= 0.6 is 0 Å². The summed E-state index contributed by atoms with van der Waals surface area (Å²) in [5.41, 5.74) is 2.00. The van der Waals surface area contributed by atoms with E-state index in [1.807, 2.05) is 13.0 Å². The van der Waals surface area contributed by atoms with Crippen molar-refractivity contribution in [2.24, 2.45) is 0 Å². The summed E-state index contributed by atoms with van der Waals surface area (Å²) in [5, 5.41) is 3.02. The summed E-state index contributed by atoms with van der Waals surface area (Å²) in [5.74, 6) is -0.656. The van der Waals surface area contributed by atoms with Crippen LogP contribution in [-0.2, 0) is 16.1 Å². The first-order valence-electron chi connectivity index (χ1n) is 10.2. The Morgan fingerprint density at radius 3 is 2.50 bits per heavy atom. The van der Waals surface area contributed by atoms with Crippen molar-refractivity contribution >= 4 is 20.0 Å². The molecule has 1 fully saturated rings. The second-order valence-corrected chi connectivity index (χ2v) is 13.7. The molecule has 30 heavy (non-hydrogen) atoms. The van der Waals surface area contributed by atoms with Crippen LogP contribution in [-0.4, -0.2) is 44.2 Å². The van der Waals surface area contributed by atoms with Crippen LogP contribution in [0.15, 0.2) is 48.5 Å². The summed E-state index contributed by atoms with van der Waals surface area (Å²) in [6, 6.07) is 14.2. The first kappa shape index (κ1) is 22.2. The molecule has 5 nitrogen and oxygen atoms in total. The van der Waals surface area contributed by atoms with Crippen molar-refractivity contribution in [1.29, 1.82) is 0 Å². The molecule has 2 aromatic rings. The summed E-state index contributed by atoms with van der Waals surface area (Å²) >= 11 is 0. The van der Waals surface area contributed by atoms with Crippen molar-refractivity contribution in [3.63, 3.8) is 0 Å². The molecule has 1 heterocycles. The number of hydrogen-bond donors (Lipinski definition) is 1. The lowest BCUT2D eigenvalue weighted by atomic mass is 10.0. The fourth-order valence-electron chi connectivity index (χ4n) is 4.14. The molecular weight excluding hydrogens is 399 g/mol. The second kappa shape index (κ2) is 9.10. The number of rotatable bonds is 6.